The number of nitro groups is 1. The lowest BCUT2D eigenvalue weighted by molar-refractivity contribution is -0.380. The van der Waals surface area contributed by atoms with Crippen molar-refractivity contribution in [3.63, 3.8) is 0 Å². The molecule has 0 unspecified atom stereocenters. The standard InChI is InChI=1S/C8H3N3O2S/c9-4-6(5-10)3-7-1-2-8(14-7)11(12)13/h1-3H. The van der Waals surface area contributed by atoms with Gasteiger partial charge in [-0.05, 0) is 12.1 Å². The quantitative estimate of drug-likeness (QED) is 0.420. The maximum absolute atomic E-state index is 10.3. The van der Waals surface area contributed by atoms with Crippen LogP contribution in [0.2, 0.25) is 0 Å². The number of hydrogen-bond acceptors (Lipinski definition) is 5. The monoisotopic (exact) mass is 205 g/mol. The molecule has 6 heteroatoms. The molecule has 0 spiro atoms. The molecule has 0 amide bonds. The number of thiophene rings is 1. The van der Waals surface area contributed by atoms with Crippen molar-refractivity contribution in [3.05, 3.63) is 32.7 Å². The van der Waals surface area contributed by atoms with E-state index in [1.54, 1.807) is 12.1 Å². The van der Waals surface area contributed by atoms with Crippen LogP contribution in [-0.2, 0) is 0 Å². The molecule has 1 heterocycles. The summed E-state index contributed by atoms with van der Waals surface area (Å²) in [7, 11) is 0. The summed E-state index contributed by atoms with van der Waals surface area (Å²) in [5, 5.41) is 27.2. The van der Waals surface area contributed by atoms with Crippen LogP contribution < -0.4 is 0 Å². The van der Waals surface area contributed by atoms with E-state index in [2.05, 4.69) is 0 Å². The predicted molar refractivity (Wildman–Crippen MR) is 50.2 cm³/mol. The average Bonchev–Trinajstić information content (AvgIpc) is 2.62. The summed E-state index contributed by atoms with van der Waals surface area (Å²) in [5.41, 5.74) is -0.0678. The highest BCUT2D eigenvalue weighted by molar-refractivity contribution is 7.16. The minimum absolute atomic E-state index is 0.00789. The SMILES string of the molecule is N#CC(C#N)=Cc1ccc([N+](=O)[O-])s1. The Balaban J connectivity index is 3.01. The van der Waals surface area contributed by atoms with Crippen LogP contribution >= 0.6 is 11.3 Å². The molecule has 1 aromatic heterocycles. The third-order valence-corrected chi connectivity index (χ3v) is 2.30. The molecule has 0 aliphatic carbocycles. The zero-order valence-corrected chi connectivity index (χ0v) is 7.61. The van der Waals surface area contributed by atoms with Crippen molar-refractivity contribution in [1.82, 2.24) is 0 Å². The van der Waals surface area contributed by atoms with E-state index in [1.807, 2.05) is 0 Å². The van der Waals surface area contributed by atoms with Gasteiger partial charge in [0.1, 0.15) is 17.7 Å². The Morgan fingerprint density at radius 3 is 2.57 bits per heavy atom. The number of nitrogens with zero attached hydrogens (tertiary/aromatic N) is 3. The lowest BCUT2D eigenvalue weighted by atomic mass is 10.3. The lowest BCUT2D eigenvalue weighted by Gasteiger charge is -1.81. The van der Waals surface area contributed by atoms with E-state index in [0.29, 0.717) is 4.88 Å². The first kappa shape index (κ1) is 9.90. The molecule has 0 aliphatic heterocycles. The smallest absolute Gasteiger partial charge is 0.258 e. The van der Waals surface area contributed by atoms with Crippen LogP contribution in [0.3, 0.4) is 0 Å². The van der Waals surface area contributed by atoms with E-state index in [1.165, 1.54) is 18.2 Å². The van der Waals surface area contributed by atoms with E-state index in [9.17, 15) is 10.1 Å². The van der Waals surface area contributed by atoms with Gasteiger partial charge >= 0.3 is 5.00 Å². The van der Waals surface area contributed by atoms with Gasteiger partial charge in [0.15, 0.2) is 0 Å². The van der Waals surface area contributed by atoms with Gasteiger partial charge in [0.05, 0.1) is 4.92 Å². The molecule has 0 N–H and O–H groups in total. The highest BCUT2D eigenvalue weighted by Crippen LogP contribution is 2.25. The third kappa shape index (κ3) is 2.16. The van der Waals surface area contributed by atoms with Gasteiger partial charge in [0.25, 0.3) is 0 Å². The van der Waals surface area contributed by atoms with Crippen LogP contribution in [0.25, 0.3) is 6.08 Å². The first-order valence-corrected chi connectivity index (χ1v) is 4.25. The predicted octanol–water partition coefficient (Wildman–Crippen LogP) is 2.09. The van der Waals surface area contributed by atoms with Gasteiger partial charge in [0, 0.05) is 10.9 Å². The van der Waals surface area contributed by atoms with Crippen LogP contribution in [0.15, 0.2) is 17.7 Å². The van der Waals surface area contributed by atoms with Crippen LogP contribution in [0.4, 0.5) is 5.00 Å². The largest absolute Gasteiger partial charge is 0.324 e. The highest BCUT2D eigenvalue weighted by Gasteiger charge is 2.08. The zero-order valence-electron chi connectivity index (χ0n) is 6.80. The number of allylic oxidation sites excluding steroid dienone is 1. The minimum atomic E-state index is -0.513. The molecule has 68 valence electrons. The molecular weight excluding hydrogens is 202 g/mol. The van der Waals surface area contributed by atoms with Gasteiger partial charge < -0.3 is 0 Å². The third-order valence-electron chi connectivity index (χ3n) is 1.32. The summed E-state index contributed by atoms with van der Waals surface area (Å²) in [6.07, 6.45) is 1.32. The molecule has 1 aromatic rings. The minimum Gasteiger partial charge on any atom is -0.258 e. The molecular formula is C8H3N3O2S. The Hall–Kier alpha value is -2.18. The summed E-state index contributed by atoms with van der Waals surface area (Å²) in [6.45, 7) is 0. The molecule has 0 aromatic carbocycles. The van der Waals surface area contributed by atoms with Crippen molar-refractivity contribution in [2.24, 2.45) is 0 Å². The molecule has 0 saturated carbocycles. The lowest BCUT2D eigenvalue weighted by Crippen LogP contribution is -1.80. The van der Waals surface area contributed by atoms with E-state index < -0.39 is 4.92 Å². The summed E-state index contributed by atoms with van der Waals surface area (Å²) < 4.78 is 0. The van der Waals surface area contributed by atoms with E-state index in [0.717, 1.165) is 11.3 Å². The molecule has 0 bridgehead atoms. The molecule has 0 aliphatic rings. The molecule has 0 atom stereocenters. The normalized spacial score (nSPS) is 8.43. The van der Waals surface area contributed by atoms with Gasteiger partial charge in [0.2, 0.25) is 0 Å². The Morgan fingerprint density at radius 2 is 2.14 bits per heavy atom. The first-order chi connectivity index (χ1) is 6.67. The van der Waals surface area contributed by atoms with Crippen LogP contribution in [0.1, 0.15) is 4.88 Å². The number of nitriles is 2. The van der Waals surface area contributed by atoms with Crippen LogP contribution in [0, 0.1) is 32.8 Å². The van der Waals surface area contributed by atoms with E-state index in [4.69, 9.17) is 10.5 Å². The zero-order chi connectivity index (χ0) is 10.6. The van der Waals surface area contributed by atoms with Crippen molar-refractivity contribution < 1.29 is 4.92 Å². The van der Waals surface area contributed by atoms with Crippen molar-refractivity contribution in [1.29, 1.82) is 10.5 Å². The van der Waals surface area contributed by atoms with E-state index in [-0.39, 0.29) is 10.6 Å². The molecule has 0 radical (unpaired) electrons. The van der Waals surface area contributed by atoms with Crippen molar-refractivity contribution in [2.45, 2.75) is 0 Å². The average molecular weight is 205 g/mol. The topological polar surface area (TPSA) is 90.7 Å². The Kier molecular flexibility index (Phi) is 2.95. The number of hydrogen-bond donors (Lipinski definition) is 0. The van der Waals surface area contributed by atoms with Crippen LogP contribution in [0.5, 0.6) is 0 Å². The molecule has 5 nitrogen and oxygen atoms in total. The number of rotatable bonds is 2. The molecule has 0 saturated heterocycles. The van der Waals surface area contributed by atoms with Gasteiger partial charge in [-0.2, -0.15) is 10.5 Å². The fourth-order valence-corrected chi connectivity index (χ4v) is 1.51. The summed E-state index contributed by atoms with van der Waals surface area (Å²) in [5.74, 6) is 0. The van der Waals surface area contributed by atoms with Crippen LogP contribution in [-0.4, -0.2) is 4.92 Å². The van der Waals surface area contributed by atoms with Gasteiger partial charge in [-0.1, -0.05) is 11.3 Å². The van der Waals surface area contributed by atoms with Crippen molar-refractivity contribution >= 4 is 22.4 Å². The van der Waals surface area contributed by atoms with Gasteiger partial charge in [-0.15, -0.1) is 0 Å². The second-order valence-electron chi connectivity index (χ2n) is 2.21. The molecule has 14 heavy (non-hydrogen) atoms. The highest BCUT2D eigenvalue weighted by atomic mass is 32.1. The summed E-state index contributed by atoms with van der Waals surface area (Å²) in [4.78, 5) is 10.3. The summed E-state index contributed by atoms with van der Waals surface area (Å²) >= 11 is 0.922. The molecule has 0 fully saturated rings. The second kappa shape index (κ2) is 4.17. The molecule has 1 rings (SSSR count). The summed E-state index contributed by atoms with van der Waals surface area (Å²) in [6, 6.07) is 6.18. The van der Waals surface area contributed by atoms with Crippen molar-refractivity contribution in [3.8, 4) is 12.1 Å². The second-order valence-corrected chi connectivity index (χ2v) is 3.31. The Morgan fingerprint density at radius 1 is 1.50 bits per heavy atom. The fraction of sp³-hybridized carbons (Fsp3) is 0. The van der Waals surface area contributed by atoms with Gasteiger partial charge in [-0.25, -0.2) is 0 Å². The Labute approximate surface area is 83.3 Å². The van der Waals surface area contributed by atoms with Crippen molar-refractivity contribution in [2.75, 3.05) is 0 Å². The maximum Gasteiger partial charge on any atom is 0.324 e. The fourth-order valence-electron chi connectivity index (χ4n) is 0.750. The first-order valence-electron chi connectivity index (χ1n) is 3.43. The Bertz CT molecular complexity index is 460. The maximum atomic E-state index is 10.3. The van der Waals surface area contributed by atoms with E-state index >= 15 is 0 Å². The van der Waals surface area contributed by atoms with Gasteiger partial charge in [-0.3, -0.25) is 10.1 Å².